The van der Waals surface area contributed by atoms with Gasteiger partial charge in [0.2, 0.25) is 0 Å². The topological polar surface area (TPSA) is 129 Å². The van der Waals surface area contributed by atoms with Gasteiger partial charge in [-0.25, -0.2) is 0 Å². The van der Waals surface area contributed by atoms with Crippen LogP contribution in [0.5, 0.6) is 5.75 Å². The van der Waals surface area contributed by atoms with Crippen LogP contribution in [0, 0.1) is 0 Å². The second kappa shape index (κ2) is 12.3. The van der Waals surface area contributed by atoms with E-state index in [9.17, 15) is 25.5 Å². The van der Waals surface area contributed by atoms with Crippen molar-refractivity contribution in [3.63, 3.8) is 0 Å². The minimum Gasteiger partial charge on any atom is -0.491 e. The average Bonchev–Trinajstić information content (AvgIpc) is 2.82. The standard InChI is InChI=1S/C25H33ClO8/c1-14(2)32-12-18(28)13-33-19-6-3-15(4-7-19)9-17-10-16(5-8-20(17)26)25-24(31)23(30)22(29)21(11-27)34-25/h3-8,10,14,18,21-25,27-31H,9,11-13H2,1-2H3/t18-,21-,22-,23+,24-,25+/m1/s1. The molecule has 8 nitrogen and oxygen atoms in total. The zero-order valence-electron chi connectivity index (χ0n) is 19.3. The van der Waals surface area contributed by atoms with Gasteiger partial charge in [0, 0.05) is 5.02 Å². The Labute approximate surface area is 204 Å². The molecule has 5 N–H and O–H groups in total. The molecule has 0 unspecified atom stereocenters. The van der Waals surface area contributed by atoms with Crippen LogP contribution in [-0.2, 0) is 15.9 Å². The molecule has 1 fully saturated rings. The molecule has 0 bridgehead atoms. The van der Waals surface area contributed by atoms with E-state index in [1.807, 2.05) is 26.0 Å². The average molecular weight is 497 g/mol. The molecule has 1 saturated heterocycles. The first-order valence-electron chi connectivity index (χ1n) is 11.3. The molecule has 0 radical (unpaired) electrons. The van der Waals surface area contributed by atoms with Gasteiger partial charge in [0.05, 0.1) is 19.3 Å². The fourth-order valence-electron chi connectivity index (χ4n) is 3.75. The summed E-state index contributed by atoms with van der Waals surface area (Å²) < 4.78 is 16.6. The van der Waals surface area contributed by atoms with Gasteiger partial charge in [-0.2, -0.15) is 0 Å². The minimum absolute atomic E-state index is 0.0416. The molecule has 1 heterocycles. The number of hydrogen-bond donors (Lipinski definition) is 5. The smallest absolute Gasteiger partial charge is 0.119 e. The van der Waals surface area contributed by atoms with Crippen molar-refractivity contribution in [2.45, 2.75) is 63.0 Å². The third kappa shape index (κ3) is 6.90. The summed E-state index contributed by atoms with van der Waals surface area (Å²) in [4.78, 5) is 0. The van der Waals surface area contributed by atoms with Gasteiger partial charge in [-0.3, -0.25) is 0 Å². The van der Waals surface area contributed by atoms with E-state index in [0.717, 1.165) is 11.1 Å². The number of ether oxygens (including phenoxy) is 3. The number of rotatable bonds is 10. The number of halogens is 1. The molecule has 1 aliphatic rings. The Kier molecular flexibility index (Phi) is 9.70. The maximum absolute atomic E-state index is 10.4. The van der Waals surface area contributed by atoms with E-state index in [-0.39, 0.29) is 19.3 Å². The van der Waals surface area contributed by atoms with Gasteiger partial charge in [-0.1, -0.05) is 35.9 Å². The predicted octanol–water partition coefficient (Wildman–Crippen LogP) is 1.61. The van der Waals surface area contributed by atoms with E-state index >= 15 is 0 Å². The van der Waals surface area contributed by atoms with Crippen molar-refractivity contribution in [1.82, 2.24) is 0 Å². The molecule has 0 saturated carbocycles. The number of benzene rings is 2. The summed E-state index contributed by atoms with van der Waals surface area (Å²) in [6, 6.07) is 12.5. The third-order valence-corrected chi connectivity index (χ3v) is 6.04. The first-order chi connectivity index (χ1) is 16.2. The van der Waals surface area contributed by atoms with Gasteiger partial charge in [-0.05, 0) is 55.2 Å². The lowest BCUT2D eigenvalue weighted by atomic mass is 9.90. The van der Waals surface area contributed by atoms with E-state index in [4.69, 9.17) is 25.8 Å². The lowest BCUT2D eigenvalue weighted by molar-refractivity contribution is -0.231. The van der Waals surface area contributed by atoms with Gasteiger partial charge in [0.25, 0.3) is 0 Å². The lowest BCUT2D eigenvalue weighted by Gasteiger charge is -2.40. The largest absolute Gasteiger partial charge is 0.491 e. The van der Waals surface area contributed by atoms with Gasteiger partial charge in [-0.15, -0.1) is 0 Å². The highest BCUT2D eigenvalue weighted by Gasteiger charge is 2.44. The summed E-state index contributed by atoms with van der Waals surface area (Å²) >= 11 is 6.40. The molecular formula is C25H33ClO8. The molecule has 0 aromatic heterocycles. The van der Waals surface area contributed by atoms with Crippen LogP contribution in [0.3, 0.4) is 0 Å². The summed E-state index contributed by atoms with van der Waals surface area (Å²) in [6.45, 7) is 3.65. The molecule has 2 aromatic carbocycles. The summed E-state index contributed by atoms with van der Waals surface area (Å²) in [5.74, 6) is 0.619. The van der Waals surface area contributed by atoms with Gasteiger partial charge in [0.1, 0.15) is 49.0 Å². The second-order valence-electron chi connectivity index (χ2n) is 8.77. The Morgan fingerprint density at radius 2 is 1.68 bits per heavy atom. The van der Waals surface area contributed by atoms with Crippen molar-refractivity contribution in [1.29, 1.82) is 0 Å². The minimum atomic E-state index is -1.45. The van der Waals surface area contributed by atoms with Crippen LogP contribution in [0.4, 0.5) is 0 Å². The second-order valence-corrected chi connectivity index (χ2v) is 9.18. The highest BCUT2D eigenvalue weighted by Crippen LogP contribution is 2.34. The van der Waals surface area contributed by atoms with Crippen LogP contribution in [-0.4, -0.2) is 82.0 Å². The molecular weight excluding hydrogens is 464 g/mol. The van der Waals surface area contributed by atoms with E-state index < -0.39 is 43.2 Å². The molecule has 0 amide bonds. The van der Waals surface area contributed by atoms with Crippen molar-refractivity contribution in [2.75, 3.05) is 19.8 Å². The van der Waals surface area contributed by atoms with Gasteiger partial charge < -0.3 is 39.7 Å². The fourth-order valence-corrected chi connectivity index (χ4v) is 3.94. The van der Waals surface area contributed by atoms with Crippen molar-refractivity contribution in [3.05, 3.63) is 64.2 Å². The number of aliphatic hydroxyl groups excluding tert-OH is 5. The van der Waals surface area contributed by atoms with E-state index in [2.05, 4.69) is 0 Å². The van der Waals surface area contributed by atoms with E-state index in [0.29, 0.717) is 22.8 Å². The SMILES string of the molecule is CC(C)OC[C@@H](O)COc1ccc(Cc2cc([C@@H]3O[C@H](CO)[C@@H](O)[C@H](O)[C@H]3O)ccc2Cl)cc1. The first-order valence-corrected chi connectivity index (χ1v) is 11.7. The highest BCUT2D eigenvalue weighted by atomic mass is 35.5. The highest BCUT2D eigenvalue weighted by molar-refractivity contribution is 6.31. The first kappa shape index (κ1) is 26.8. The summed E-state index contributed by atoms with van der Waals surface area (Å²) in [5, 5.41) is 50.4. The number of hydrogen-bond acceptors (Lipinski definition) is 8. The molecule has 1 aliphatic heterocycles. The Balaban J connectivity index is 1.65. The normalized spacial score (nSPS) is 26.0. The van der Waals surface area contributed by atoms with Crippen LogP contribution in [0.25, 0.3) is 0 Å². The molecule has 34 heavy (non-hydrogen) atoms. The molecule has 3 rings (SSSR count). The van der Waals surface area contributed by atoms with Crippen molar-refractivity contribution < 1.29 is 39.7 Å². The Hall–Kier alpha value is -1.75. The van der Waals surface area contributed by atoms with Crippen LogP contribution >= 0.6 is 11.6 Å². The van der Waals surface area contributed by atoms with Crippen LogP contribution in [0.1, 0.15) is 36.6 Å². The Morgan fingerprint density at radius 3 is 2.32 bits per heavy atom. The van der Waals surface area contributed by atoms with E-state index in [1.54, 1.807) is 30.3 Å². The zero-order chi connectivity index (χ0) is 24.8. The van der Waals surface area contributed by atoms with Crippen LogP contribution in [0.2, 0.25) is 5.02 Å². The molecule has 0 spiro atoms. The van der Waals surface area contributed by atoms with Crippen molar-refractivity contribution >= 4 is 11.6 Å². The van der Waals surface area contributed by atoms with Crippen molar-refractivity contribution in [3.8, 4) is 5.75 Å². The third-order valence-electron chi connectivity index (χ3n) is 5.67. The maximum Gasteiger partial charge on any atom is 0.119 e. The summed E-state index contributed by atoms with van der Waals surface area (Å²) in [7, 11) is 0. The summed E-state index contributed by atoms with van der Waals surface area (Å²) in [6.07, 6.45) is -6.30. The molecule has 2 aromatic rings. The summed E-state index contributed by atoms with van der Waals surface area (Å²) in [5.41, 5.74) is 2.32. The van der Waals surface area contributed by atoms with Crippen LogP contribution in [0.15, 0.2) is 42.5 Å². The van der Waals surface area contributed by atoms with E-state index in [1.165, 1.54) is 0 Å². The Bertz CT molecular complexity index is 904. The Morgan fingerprint density at radius 1 is 0.971 bits per heavy atom. The maximum atomic E-state index is 10.4. The van der Waals surface area contributed by atoms with Gasteiger partial charge in [0.15, 0.2) is 0 Å². The molecule has 9 heteroatoms. The number of aliphatic hydroxyl groups is 5. The molecule has 6 atom stereocenters. The lowest BCUT2D eigenvalue weighted by Crippen LogP contribution is -2.55. The molecule has 188 valence electrons. The van der Waals surface area contributed by atoms with Gasteiger partial charge >= 0.3 is 0 Å². The fraction of sp³-hybridized carbons (Fsp3) is 0.520. The quantitative estimate of drug-likeness (QED) is 0.335. The molecule has 0 aliphatic carbocycles. The van der Waals surface area contributed by atoms with Crippen molar-refractivity contribution in [2.24, 2.45) is 0 Å². The zero-order valence-corrected chi connectivity index (χ0v) is 20.0. The monoisotopic (exact) mass is 496 g/mol. The van der Waals surface area contributed by atoms with Crippen LogP contribution < -0.4 is 4.74 Å². The predicted molar refractivity (Wildman–Crippen MR) is 126 cm³/mol.